The fourth-order valence-corrected chi connectivity index (χ4v) is 3.18. The molecule has 6 N–H and O–H groups in total. The zero-order valence-electron chi connectivity index (χ0n) is 16.1. The highest BCUT2D eigenvalue weighted by Gasteiger charge is 2.18. The van der Waals surface area contributed by atoms with Crippen molar-refractivity contribution in [3.05, 3.63) is 95.6 Å². The molecule has 7 nitrogen and oxygen atoms in total. The standard InChI is InChI=1S/C23H22N4O3/c24-23(25)27-19-8-4-7-17(13-19)22(30)26-18-11-9-16(10-12-18)20(14-21(28)29)15-5-2-1-3-6-15/h1-13,20H,14H2,(H,26,30)(H,28,29)(H4,24,25,27). The maximum Gasteiger partial charge on any atom is 0.304 e. The van der Waals surface area contributed by atoms with Crippen molar-refractivity contribution in [1.29, 1.82) is 5.41 Å². The van der Waals surface area contributed by atoms with Gasteiger partial charge in [-0.15, -0.1) is 0 Å². The molecule has 3 aromatic rings. The second-order valence-corrected chi connectivity index (χ2v) is 6.76. The second kappa shape index (κ2) is 9.38. The van der Waals surface area contributed by atoms with Gasteiger partial charge in [0.05, 0.1) is 6.42 Å². The summed E-state index contributed by atoms with van der Waals surface area (Å²) in [7, 11) is 0. The Morgan fingerprint density at radius 1 is 0.867 bits per heavy atom. The molecule has 0 aliphatic carbocycles. The number of rotatable bonds is 7. The topological polar surface area (TPSA) is 128 Å². The minimum absolute atomic E-state index is 0.0222. The molecule has 0 aliphatic rings. The van der Waals surface area contributed by atoms with E-state index in [9.17, 15) is 14.7 Å². The number of hydrogen-bond donors (Lipinski definition) is 5. The van der Waals surface area contributed by atoms with Gasteiger partial charge in [-0.25, -0.2) is 0 Å². The monoisotopic (exact) mass is 402 g/mol. The van der Waals surface area contributed by atoms with Gasteiger partial charge in [0.2, 0.25) is 0 Å². The van der Waals surface area contributed by atoms with E-state index >= 15 is 0 Å². The highest BCUT2D eigenvalue weighted by atomic mass is 16.4. The van der Waals surface area contributed by atoms with Gasteiger partial charge in [0.1, 0.15) is 0 Å². The Hall–Kier alpha value is -4.13. The molecule has 0 radical (unpaired) electrons. The molecule has 3 rings (SSSR count). The molecule has 152 valence electrons. The predicted molar refractivity (Wildman–Crippen MR) is 117 cm³/mol. The van der Waals surface area contributed by atoms with Crippen molar-refractivity contribution in [3.8, 4) is 0 Å². The summed E-state index contributed by atoms with van der Waals surface area (Å²) in [4.78, 5) is 23.9. The lowest BCUT2D eigenvalue weighted by Gasteiger charge is -2.16. The van der Waals surface area contributed by atoms with Crippen LogP contribution < -0.4 is 16.4 Å². The van der Waals surface area contributed by atoms with Gasteiger partial charge in [-0.2, -0.15) is 0 Å². The highest BCUT2D eigenvalue weighted by Crippen LogP contribution is 2.29. The van der Waals surface area contributed by atoms with Crippen LogP contribution in [0.1, 0.15) is 33.8 Å². The third kappa shape index (κ3) is 5.45. The van der Waals surface area contributed by atoms with Crippen LogP contribution in [0.2, 0.25) is 0 Å². The number of guanidine groups is 1. The van der Waals surface area contributed by atoms with Gasteiger partial charge in [-0.05, 0) is 41.5 Å². The number of carboxylic acids is 1. The third-order valence-corrected chi connectivity index (χ3v) is 4.56. The Kier molecular flexibility index (Phi) is 6.44. The first-order valence-corrected chi connectivity index (χ1v) is 9.31. The molecule has 0 spiro atoms. The molecule has 1 unspecified atom stereocenters. The van der Waals surface area contributed by atoms with E-state index in [1.54, 1.807) is 36.4 Å². The lowest BCUT2D eigenvalue weighted by atomic mass is 9.88. The van der Waals surface area contributed by atoms with Crippen LogP contribution in [0.25, 0.3) is 0 Å². The second-order valence-electron chi connectivity index (χ2n) is 6.76. The van der Waals surface area contributed by atoms with Crippen LogP contribution in [0.4, 0.5) is 11.4 Å². The molecule has 30 heavy (non-hydrogen) atoms. The molecule has 1 atom stereocenters. The number of nitrogens with two attached hydrogens (primary N) is 1. The first-order chi connectivity index (χ1) is 14.4. The van der Waals surface area contributed by atoms with Crippen LogP contribution in [0.5, 0.6) is 0 Å². The van der Waals surface area contributed by atoms with Crippen LogP contribution in [0.15, 0.2) is 78.9 Å². The SMILES string of the molecule is N=C(N)Nc1cccc(C(=O)Nc2ccc(C(CC(=O)O)c3ccccc3)cc2)c1. The van der Waals surface area contributed by atoms with Gasteiger partial charge in [0, 0.05) is 22.9 Å². The predicted octanol–water partition coefficient (Wildman–Crippen LogP) is 3.85. The van der Waals surface area contributed by atoms with E-state index in [4.69, 9.17) is 11.1 Å². The Labute approximate surface area is 174 Å². The number of carboxylic acid groups (broad SMARTS) is 1. The largest absolute Gasteiger partial charge is 0.481 e. The summed E-state index contributed by atoms with van der Waals surface area (Å²) in [6.07, 6.45) is -0.0222. The first kappa shape index (κ1) is 20.6. The number of benzene rings is 3. The molecule has 3 aromatic carbocycles. The van der Waals surface area contributed by atoms with Gasteiger partial charge >= 0.3 is 5.97 Å². The van der Waals surface area contributed by atoms with Crippen molar-refractivity contribution >= 4 is 29.2 Å². The smallest absolute Gasteiger partial charge is 0.304 e. The van der Waals surface area contributed by atoms with Crippen LogP contribution >= 0.6 is 0 Å². The molecule has 0 heterocycles. The Morgan fingerprint density at radius 3 is 2.17 bits per heavy atom. The Bertz CT molecular complexity index is 1050. The van der Waals surface area contributed by atoms with Crippen LogP contribution in [0, 0.1) is 5.41 Å². The zero-order valence-corrected chi connectivity index (χ0v) is 16.1. The summed E-state index contributed by atoms with van der Waals surface area (Å²) in [5.74, 6) is -1.67. The van der Waals surface area contributed by atoms with Crippen molar-refractivity contribution in [2.45, 2.75) is 12.3 Å². The molecule has 0 bridgehead atoms. The van der Waals surface area contributed by atoms with Gasteiger partial charge in [-0.1, -0.05) is 48.5 Å². The molecule has 7 heteroatoms. The van der Waals surface area contributed by atoms with E-state index in [1.807, 2.05) is 42.5 Å². The molecule has 0 fully saturated rings. The maximum absolute atomic E-state index is 12.5. The molecule has 0 saturated carbocycles. The number of amides is 1. The summed E-state index contributed by atoms with van der Waals surface area (Å²) in [5, 5.41) is 22.0. The minimum Gasteiger partial charge on any atom is -0.481 e. The van der Waals surface area contributed by atoms with Crippen LogP contribution in [-0.2, 0) is 4.79 Å². The van der Waals surface area contributed by atoms with Gasteiger partial charge in [-0.3, -0.25) is 15.0 Å². The van der Waals surface area contributed by atoms with E-state index in [-0.39, 0.29) is 24.2 Å². The molecule has 1 amide bonds. The van der Waals surface area contributed by atoms with Crippen molar-refractivity contribution < 1.29 is 14.7 Å². The summed E-state index contributed by atoms with van der Waals surface area (Å²) < 4.78 is 0. The number of carbonyl (C=O) groups excluding carboxylic acids is 1. The lowest BCUT2D eigenvalue weighted by molar-refractivity contribution is -0.137. The highest BCUT2D eigenvalue weighted by molar-refractivity contribution is 6.05. The molecular weight excluding hydrogens is 380 g/mol. The van der Waals surface area contributed by atoms with Gasteiger partial charge in [0.25, 0.3) is 5.91 Å². The Morgan fingerprint density at radius 2 is 1.53 bits per heavy atom. The zero-order chi connectivity index (χ0) is 21.5. The lowest BCUT2D eigenvalue weighted by Crippen LogP contribution is -2.20. The third-order valence-electron chi connectivity index (χ3n) is 4.56. The van der Waals surface area contributed by atoms with Crippen molar-refractivity contribution in [2.75, 3.05) is 10.6 Å². The van der Waals surface area contributed by atoms with Gasteiger partial charge < -0.3 is 21.5 Å². The van der Waals surface area contributed by atoms with E-state index < -0.39 is 5.97 Å². The van der Waals surface area contributed by atoms with E-state index in [0.29, 0.717) is 16.9 Å². The first-order valence-electron chi connectivity index (χ1n) is 9.31. The maximum atomic E-state index is 12.5. The average Bonchev–Trinajstić information content (AvgIpc) is 2.73. The molecule has 0 aliphatic heterocycles. The molecular formula is C23H22N4O3. The minimum atomic E-state index is -0.875. The number of anilines is 2. The quantitative estimate of drug-likeness (QED) is 0.303. The van der Waals surface area contributed by atoms with Gasteiger partial charge in [0.15, 0.2) is 5.96 Å². The van der Waals surface area contributed by atoms with Crippen LogP contribution in [-0.4, -0.2) is 22.9 Å². The normalized spacial score (nSPS) is 11.3. The Balaban J connectivity index is 1.75. The van der Waals surface area contributed by atoms with Crippen molar-refractivity contribution in [2.24, 2.45) is 5.73 Å². The number of hydrogen-bond acceptors (Lipinski definition) is 3. The summed E-state index contributed by atoms with van der Waals surface area (Å²) in [6.45, 7) is 0. The fourth-order valence-electron chi connectivity index (χ4n) is 3.18. The molecule has 0 saturated heterocycles. The number of carbonyl (C=O) groups is 2. The van der Waals surface area contributed by atoms with E-state index in [2.05, 4.69) is 10.6 Å². The van der Waals surface area contributed by atoms with Crippen molar-refractivity contribution in [1.82, 2.24) is 0 Å². The number of aliphatic carboxylic acids is 1. The molecule has 0 aromatic heterocycles. The summed E-state index contributed by atoms with van der Waals surface area (Å²) >= 11 is 0. The fraction of sp³-hybridized carbons (Fsp3) is 0.0870. The van der Waals surface area contributed by atoms with E-state index in [0.717, 1.165) is 11.1 Å². The summed E-state index contributed by atoms with van der Waals surface area (Å²) in [5.41, 5.74) is 8.65. The van der Waals surface area contributed by atoms with E-state index in [1.165, 1.54) is 0 Å². The van der Waals surface area contributed by atoms with Crippen LogP contribution in [0.3, 0.4) is 0 Å². The average molecular weight is 402 g/mol. The number of nitrogens with one attached hydrogen (secondary N) is 3. The van der Waals surface area contributed by atoms with Crippen molar-refractivity contribution in [3.63, 3.8) is 0 Å². The summed E-state index contributed by atoms with van der Waals surface area (Å²) in [6, 6.07) is 23.3.